The van der Waals surface area contributed by atoms with Gasteiger partial charge in [-0.1, -0.05) is 112 Å². The molecule has 0 unspecified atom stereocenters. The van der Waals surface area contributed by atoms with Gasteiger partial charge in [0.05, 0.1) is 11.0 Å². The largest absolute Gasteiger partial charge is 0.456 e. The monoisotopic (exact) mass is 766 g/mol. The first-order chi connectivity index (χ1) is 29.1. The number of aromatic nitrogens is 4. The maximum atomic E-state index is 6.77. The molecule has 0 aliphatic carbocycles. The average Bonchev–Trinajstić information content (AvgIpc) is 3.96. The van der Waals surface area contributed by atoms with Gasteiger partial charge in [0.2, 0.25) is 0 Å². The lowest BCUT2D eigenvalue weighted by molar-refractivity contribution is 0.669. The van der Waals surface area contributed by atoms with E-state index >= 15 is 0 Å². The Morgan fingerprint density at radius 3 is 1.80 bits per heavy atom. The molecule has 0 bridgehead atoms. The fourth-order valence-electron chi connectivity index (χ4n) is 8.73. The Kier molecular flexibility index (Phi) is 8.58. The average molecular weight is 767 g/mol. The second-order valence-corrected chi connectivity index (χ2v) is 15.7. The van der Waals surface area contributed by atoms with Crippen molar-refractivity contribution in [2.24, 2.45) is 0 Å². The van der Waals surface area contributed by atoms with Crippen LogP contribution in [0.15, 0.2) is 154 Å². The number of benzene rings is 7. The summed E-state index contributed by atoms with van der Waals surface area (Å²) in [4.78, 5) is 15.1. The molecule has 59 heavy (non-hydrogen) atoms. The molecule has 0 N–H and O–H groups in total. The molecule has 11 rings (SSSR count). The van der Waals surface area contributed by atoms with E-state index in [0.717, 1.165) is 95.5 Å². The van der Waals surface area contributed by atoms with Crippen molar-refractivity contribution in [3.8, 4) is 39.9 Å². The van der Waals surface area contributed by atoms with Gasteiger partial charge in [-0.2, -0.15) is 0 Å². The van der Waals surface area contributed by atoms with Gasteiger partial charge in [-0.3, -0.25) is 0 Å². The summed E-state index contributed by atoms with van der Waals surface area (Å²) in [5.74, 6) is 1.90. The SMILES string of the molecule is CCCCc1ccc(-c2nc(-c3ccccc3)nc(-c3ccc4oc5ccc(-n6c7ccccc7c7ccc8c9cc(CCCC)ccc9oc8c76)cc5c4c3)n2)cc1. The standard InChI is InChI=1S/C53H42N4O2/c1-3-5-12-33-18-21-36(22-19-33)52-54-51(35-14-8-7-9-15-35)55-53(56-52)37-23-28-46-43(31-37)44-32-38(24-29-47(44)58-46)57-45-17-11-10-16-39(45)40-25-26-41-42-30-34(13-6-4-2)20-27-48(42)59-50(41)49(40)57/h7-11,14-32H,3-6,12-13H2,1-2H3. The van der Waals surface area contributed by atoms with Crippen LogP contribution >= 0.6 is 0 Å². The number of unbranched alkanes of at least 4 members (excludes halogenated alkanes) is 2. The Labute approximate surface area is 341 Å². The number of rotatable bonds is 10. The van der Waals surface area contributed by atoms with Crippen molar-refractivity contribution in [2.75, 3.05) is 0 Å². The number of aryl methyl sites for hydroxylation is 2. The number of furan rings is 2. The van der Waals surface area contributed by atoms with Gasteiger partial charge >= 0.3 is 0 Å². The minimum absolute atomic E-state index is 0.615. The van der Waals surface area contributed by atoms with Gasteiger partial charge in [0.15, 0.2) is 23.1 Å². The summed E-state index contributed by atoms with van der Waals surface area (Å²) in [5.41, 5.74) is 12.1. The third-order valence-corrected chi connectivity index (χ3v) is 11.8. The van der Waals surface area contributed by atoms with E-state index in [9.17, 15) is 0 Å². The Balaban J connectivity index is 1.07. The van der Waals surface area contributed by atoms with Gasteiger partial charge in [0, 0.05) is 54.7 Å². The molecule has 4 heterocycles. The highest BCUT2D eigenvalue weighted by atomic mass is 16.3. The molecule has 286 valence electrons. The Morgan fingerprint density at radius 1 is 0.441 bits per heavy atom. The Hall–Kier alpha value is -7.05. The summed E-state index contributed by atoms with van der Waals surface area (Å²) in [6.07, 6.45) is 6.82. The molecular weight excluding hydrogens is 725 g/mol. The minimum Gasteiger partial charge on any atom is -0.456 e. The predicted octanol–water partition coefficient (Wildman–Crippen LogP) is 14.5. The lowest BCUT2D eigenvalue weighted by Crippen LogP contribution is -2.00. The Morgan fingerprint density at radius 2 is 1.02 bits per heavy atom. The third kappa shape index (κ3) is 6.06. The lowest BCUT2D eigenvalue weighted by Gasteiger charge is -2.09. The summed E-state index contributed by atoms with van der Waals surface area (Å²) in [5, 5.41) is 6.65. The topological polar surface area (TPSA) is 69.9 Å². The van der Waals surface area contributed by atoms with Gasteiger partial charge in [-0.05, 0) is 97.5 Å². The molecule has 0 saturated heterocycles. The zero-order chi connectivity index (χ0) is 39.5. The summed E-state index contributed by atoms with van der Waals surface area (Å²) in [6.45, 7) is 4.47. The second-order valence-electron chi connectivity index (χ2n) is 15.7. The number of para-hydroxylation sites is 1. The number of hydrogen-bond acceptors (Lipinski definition) is 5. The van der Waals surface area contributed by atoms with Crippen molar-refractivity contribution in [2.45, 2.75) is 52.4 Å². The summed E-state index contributed by atoms with van der Waals surface area (Å²) in [7, 11) is 0. The van der Waals surface area contributed by atoms with Crippen LogP contribution in [0.1, 0.15) is 50.7 Å². The smallest absolute Gasteiger partial charge is 0.164 e. The molecule has 0 aliphatic rings. The molecule has 6 nitrogen and oxygen atoms in total. The summed E-state index contributed by atoms with van der Waals surface area (Å²) < 4.78 is 15.6. The molecule has 0 spiro atoms. The van der Waals surface area contributed by atoms with Crippen LogP contribution in [0.3, 0.4) is 0 Å². The molecule has 0 fully saturated rings. The fraction of sp³-hybridized carbons (Fsp3) is 0.151. The molecule has 4 aromatic heterocycles. The van der Waals surface area contributed by atoms with Crippen molar-refractivity contribution >= 4 is 65.7 Å². The van der Waals surface area contributed by atoms with E-state index in [1.54, 1.807) is 0 Å². The molecule has 11 aromatic rings. The van der Waals surface area contributed by atoms with Crippen LogP contribution in [0.4, 0.5) is 0 Å². The van der Waals surface area contributed by atoms with E-state index in [2.05, 4.69) is 122 Å². The third-order valence-electron chi connectivity index (χ3n) is 11.8. The molecular formula is C53H42N4O2. The van der Waals surface area contributed by atoms with Crippen LogP contribution in [0.5, 0.6) is 0 Å². The molecule has 0 aliphatic heterocycles. The van der Waals surface area contributed by atoms with Crippen LogP contribution in [0.25, 0.3) is 106 Å². The predicted molar refractivity (Wildman–Crippen MR) is 242 cm³/mol. The maximum Gasteiger partial charge on any atom is 0.164 e. The molecule has 0 amide bonds. The number of nitrogens with zero attached hydrogens (tertiary/aromatic N) is 4. The van der Waals surface area contributed by atoms with Gasteiger partial charge in [-0.25, -0.2) is 15.0 Å². The van der Waals surface area contributed by atoms with E-state index in [4.69, 9.17) is 23.8 Å². The normalized spacial score (nSPS) is 12.0. The molecule has 6 heteroatoms. The zero-order valence-electron chi connectivity index (χ0n) is 33.2. The second kappa shape index (κ2) is 14.4. The highest BCUT2D eigenvalue weighted by Crippen LogP contribution is 2.42. The first kappa shape index (κ1) is 35.1. The first-order valence-corrected chi connectivity index (χ1v) is 20.9. The van der Waals surface area contributed by atoms with Crippen molar-refractivity contribution in [3.05, 3.63) is 157 Å². The van der Waals surface area contributed by atoms with Crippen molar-refractivity contribution < 1.29 is 8.83 Å². The number of hydrogen-bond donors (Lipinski definition) is 0. The molecule has 0 atom stereocenters. The molecule has 7 aromatic carbocycles. The van der Waals surface area contributed by atoms with Gasteiger partial charge < -0.3 is 13.4 Å². The summed E-state index contributed by atoms with van der Waals surface area (Å²) in [6, 6.07) is 51.3. The van der Waals surface area contributed by atoms with Gasteiger partial charge in [-0.15, -0.1) is 0 Å². The van der Waals surface area contributed by atoms with Crippen LogP contribution in [0, 0.1) is 0 Å². The van der Waals surface area contributed by atoms with E-state index in [1.807, 2.05) is 42.5 Å². The quantitative estimate of drug-likeness (QED) is 0.139. The highest BCUT2D eigenvalue weighted by molar-refractivity contribution is 6.21. The maximum absolute atomic E-state index is 6.77. The van der Waals surface area contributed by atoms with Crippen molar-refractivity contribution in [3.63, 3.8) is 0 Å². The van der Waals surface area contributed by atoms with Crippen molar-refractivity contribution in [1.82, 2.24) is 19.5 Å². The molecule has 0 radical (unpaired) electrons. The van der Waals surface area contributed by atoms with E-state index in [-0.39, 0.29) is 0 Å². The van der Waals surface area contributed by atoms with Gasteiger partial charge in [0.1, 0.15) is 16.7 Å². The zero-order valence-corrected chi connectivity index (χ0v) is 33.2. The van der Waals surface area contributed by atoms with E-state index in [1.165, 1.54) is 42.2 Å². The Bertz CT molecular complexity index is 3350. The first-order valence-electron chi connectivity index (χ1n) is 20.9. The molecule has 0 saturated carbocycles. The van der Waals surface area contributed by atoms with Gasteiger partial charge in [0.25, 0.3) is 0 Å². The number of fused-ring (bicyclic) bond motifs is 10. The minimum atomic E-state index is 0.615. The fourth-order valence-corrected chi connectivity index (χ4v) is 8.73. The lowest BCUT2D eigenvalue weighted by atomic mass is 10.0. The summed E-state index contributed by atoms with van der Waals surface area (Å²) >= 11 is 0. The highest BCUT2D eigenvalue weighted by Gasteiger charge is 2.21. The van der Waals surface area contributed by atoms with Crippen LogP contribution < -0.4 is 0 Å². The van der Waals surface area contributed by atoms with E-state index < -0.39 is 0 Å². The van der Waals surface area contributed by atoms with Crippen LogP contribution in [0.2, 0.25) is 0 Å². The van der Waals surface area contributed by atoms with E-state index in [0.29, 0.717) is 17.5 Å². The van der Waals surface area contributed by atoms with Crippen LogP contribution in [-0.4, -0.2) is 19.5 Å². The van der Waals surface area contributed by atoms with Crippen molar-refractivity contribution in [1.29, 1.82) is 0 Å². The van der Waals surface area contributed by atoms with Crippen LogP contribution in [-0.2, 0) is 12.8 Å².